The maximum Gasteiger partial charge on any atom is 0.131 e. The van der Waals surface area contributed by atoms with Gasteiger partial charge in [-0.2, -0.15) is 0 Å². The van der Waals surface area contributed by atoms with Crippen molar-refractivity contribution in [3.63, 3.8) is 0 Å². The molecule has 0 unspecified atom stereocenters. The lowest BCUT2D eigenvalue weighted by molar-refractivity contribution is 0.161. The average molecular weight is 385 g/mol. The molecule has 0 saturated carbocycles. The zero-order chi connectivity index (χ0) is 19.6. The first kappa shape index (κ1) is 18.3. The van der Waals surface area contributed by atoms with Crippen molar-refractivity contribution in [1.29, 1.82) is 0 Å². The molecule has 29 heavy (non-hydrogen) atoms. The van der Waals surface area contributed by atoms with Crippen molar-refractivity contribution >= 4 is 5.57 Å². The van der Waals surface area contributed by atoms with E-state index >= 15 is 0 Å². The van der Waals surface area contributed by atoms with Gasteiger partial charge < -0.3 is 4.74 Å². The number of hydrogen-bond acceptors (Lipinski definition) is 2. The Morgan fingerprint density at radius 1 is 0.828 bits per heavy atom. The minimum absolute atomic E-state index is 0.116. The summed E-state index contributed by atoms with van der Waals surface area (Å²) in [6, 6.07) is 25.1. The largest absolute Gasteiger partial charge is 0.377 e. The van der Waals surface area contributed by atoms with Gasteiger partial charge in [0.05, 0.1) is 19.3 Å². The van der Waals surface area contributed by atoms with Crippen molar-refractivity contribution in [3.05, 3.63) is 113 Å². The second-order valence-electron chi connectivity index (χ2n) is 7.78. The number of fused-ring (bicyclic) bond motifs is 1. The topological polar surface area (TPSA) is 12.5 Å². The van der Waals surface area contributed by atoms with Gasteiger partial charge in [-0.3, -0.25) is 4.90 Å². The predicted octanol–water partition coefficient (Wildman–Crippen LogP) is 5.73. The van der Waals surface area contributed by atoms with Crippen LogP contribution in [0.25, 0.3) is 5.57 Å². The lowest BCUT2D eigenvalue weighted by Gasteiger charge is -2.28. The van der Waals surface area contributed by atoms with Crippen LogP contribution in [0.15, 0.2) is 78.9 Å². The van der Waals surface area contributed by atoms with E-state index in [1.54, 1.807) is 6.07 Å². The van der Waals surface area contributed by atoms with Gasteiger partial charge in [-0.15, -0.1) is 0 Å². The summed E-state index contributed by atoms with van der Waals surface area (Å²) in [5.41, 5.74) is 6.66. The number of nitrogens with zero attached hydrogens (tertiary/aromatic N) is 1. The van der Waals surface area contributed by atoms with Crippen LogP contribution in [-0.2, 0) is 17.8 Å². The number of rotatable bonds is 4. The van der Waals surface area contributed by atoms with E-state index in [4.69, 9.17) is 4.74 Å². The standard InChI is InChI=1S/C26H24FNO/c27-25-16-23-18-28(17-22(23)15-24(25)19-11-13-29-14-12-19)26(20-7-3-1-4-8-20)21-9-5-2-6-10-21/h1-11,15-16,26H,12-14,17-18H2. The van der Waals surface area contributed by atoms with Crippen LogP contribution >= 0.6 is 0 Å². The highest BCUT2D eigenvalue weighted by Gasteiger charge is 2.29. The monoisotopic (exact) mass is 385 g/mol. The highest BCUT2D eigenvalue weighted by molar-refractivity contribution is 5.68. The lowest BCUT2D eigenvalue weighted by atomic mass is 9.97. The quantitative estimate of drug-likeness (QED) is 0.568. The zero-order valence-electron chi connectivity index (χ0n) is 16.4. The molecule has 0 atom stereocenters. The summed E-state index contributed by atoms with van der Waals surface area (Å²) in [5, 5.41) is 0. The Balaban J connectivity index is 1.50. The molecule has 0 radical (unpaired) electrons. The van der Waals surface area contributed by atoms with Crippen LogP contribution in [0.2, 0.25) is 0 Å². The summed E-state index contributed by atoms with van der Waals surface area (Å²) in [6.07, 6.45) is 2.79. The van der Waals surface area contributed by atoms with E-state index in [1.807, 2.05) is 18.2 Å². The van der Waals surface area contributed by atoms with Crippen molar-refractivity contribution in [3.8, 4) is 0 Å². The van der Waals surface area contributed by atoms with Gasteiger partial charge in [0.2, 0.25) is 0 Å². The maximum absolute atomic E-state index is 14.9. The maximum atomic E-state index is 14.9. The third-order valence-corrected chi connectivity index (χ3v) is 5.94. The van der Waals surface area contributed by atoms with Crippen molar-refractivity contribution in [2.24, 2.45) is 0 Å². The fourth-order valence-corrected chi connectivity index (χ4v) is 4.53. The van der Waals surface area contributed by atoms with Gasteiger partial charge in [0.25, 0.3) is 0 Å². The predicted molar refractivity (Wildman–Crippen MR) is 114 cm³/mol. The van der Waals surface area contributed by atoms with Gasteiger partial charge in [0, 0.05) is 18.7 Å². The zero-order valence-corrected chi connectivity index (χ0v) is 16.4. The Hall–Kier alpha value is -2.75. The van der Waals surface area contributed by atoms with Crippen LogP contribution < -0.4 is 0 Å². The molecule has 2 aliphatic heterocycles. The summed E-state index contributed by atoms with van der Waals surface area (Å²) in [6.45, 7) is 2.81. The van der Waals surface area contributed by atoms with Gasteiger partial charge in [-0.1, -0.05) is 66.7 Å². The van der Waals surface area contributed by atoms with E-state index < -0.39 is 0 Å². The fourth-order valence-electron chi connectivity index (χ4n) is 4.53. The van der Waals surface area contributed by atoms with Crippen molar-refractivity contribution in [2.75, 3.05) is 13.2 Å². The molecule has 0 aliphatic carbocycles. The Morgan fingerprint density at radius 2 is 1.45 bits per heavy atom. The van der Waals surface area contributed by atoms with Crippen molar-refractivity contribution in [2.45, 2.75) is 25.6 Å². The number of ether oxygens (including phenoxy) is 1. The van der Waals surface area contributed by atoms with E-state index in [9.17, 15) is 4.39 Å². The molecule has 3 heteroatoms. The molecule has 2 heterocycles. The molecular formula is C26H24FNO. The SMILES string of the molecule is Fc1cc2c(cc1C1=CCOCC1)CN(C(c1ccccc1)c1ccccc1)C2. The van der Waals surface area contributed by atoms with Crippen LogP contribution in [0, 0.1) is 5.82 Å². The molecular weight excluding hydrogens is 361 g/mol. The van der Waals surface area contributed by atoms with Crippen LogP contribution in [0.3, 0.4) is 0 Å². The summed E-state index contributed by atoms with van der Waals surface area (Å²) in [5.74, 6) is -0.116. The van der Waals surface area contributed by atoms with Gasteiger partial charge in [-0.25, -0.2) is 4.39 Å². The molecule has 0 N–H and O–H groups in total. The third kappa shape index (κ3) is 3.64. The first-order valence-electron chi connectivity index (χ1n) is 10.2. The first-order chi connectivity index (χ1) is 14.3. The van der Waals surface area contributed by atoms with E-state index in [-0.39, 0.29) is 11.9 Å². The third-order valence-electron chi connectivity index (χ3n) is 5.94. The Labute approximate surface area is 171 Å². The van der Waals surface area contributed by atoms with Crippen LogP contribution in [0.4, 0.5) is 4.39 Å². The molecule has 0 fully saturated rings. The molecule has 3 aromatic rings. The molecule has 5 rings (SSSR count). The lowest BCUT2D eigenvalue weighted by Crippen LogP contribution is -2.24. The second-order valence-corrected chi connectivity index (χ2v) is 7.78. The Kier molecular flexibility index (Phi) is 5.01. The molecule has 0 spiro atoms. The van der Waals surface area contributed by atoms with Gasteiger partial charge in [-0.05, 0) is 46.4 Å². The molecule has 0 amide bonds. The normalized spacial score (nSPS) is 16.7. The van der Waals surface area contributed by atoms with Crippen LogP contribution in [0.1, 0.15) is 40.3 Å². The molecule has 2 aliphatic rings. The van der Waals surface area contributed by atoms with Crippen LogP contribution in [0.5, 0.6) is 0 Å². The molecule has 3 aromatic carbocycles. The van der Waals surface area contributed by atoms with Gasteiger partial charge >= 0.3 is 0 Å². The van der Waals surface area contributed by atoms with Gasteiger partial charge in [0.1, 0.15) is 5.82 Å². The second kappa shape index (κ2) is 7.94. The minimum atomic E-state index is -0.116. The van der Waals surface area contributed by atoms with Gasteiger partial charge in [0.15, 0.2) is 0 Å². The Bertz CT molecular complexity index is 990. The first-order valence-corrected chi connectivity index (χ1v) is 10.2. The van der Waals surface area contributed by atoms with E-state index in [1.165, 1.54) is 16.7 Å². The van der Waals surface area contributed by atoms with Crippen molar-refractivity contribution in [1.82, 2.24) is 4.90 Å². The van der Waals surface area contributed by atoms with Crippen LogP contribution in [-0.4, -0.2) is 18.1 Å². The summed E-state index contributed by atoms with van der Waals surface area (Å²) >= 11 is 0. The summed E-state index contributed by atoms with van der Waals surface area (Å²) in [4.78, 5) is 2.44. The number of halogens is 1. The van der Waals surface area contributed by atoms with E-state index in [2.05, 4.69) is 59.5 Å². The molecule has 0 saturated heterocycles. The molecule has 146 valence electrons. The smallest absolute Gasteiger partial charge is 0.131 e. The number of benzene rings is 3. The Morgan fingerprint density at radius 3 is 2.03 bits per heavy atom. The van der Waals surface area contributed by atoms with E-state index in [0.717, 1.165) is 36.2 Å². The minimum Gasteiger partial charge on any atom is -0.377 e. The molecule has 0 bridgehead atoms. The van der Waals surface area contributed by atoms with E-state index in [0.29, 0.717) is 13.2 Å². The van der Waals surface area contributed by atoms with Crippen molar-refractivity contribution < 1.29 is 9.13 Å². The summed E-state index contributed by atoms with van der Waals surface area (Å²) in [7, 11) is 0. The average Bonchev–Trinajstić information content (AvgIpc) is 3.17. The highest BCUT2D eigenvalue weighted by atomic mass is 19.1. The number of hydrogen-bond donors (Lipinski definition) is 0. The summed E-state index contributed by atoms with van der Waals surface area (Å²) < 4.78 is 20.3. The molecule has 2 nitrogen and oxygen atoms in total. The highest BCUT2D eigenvalue weighted by Crippen LogP contribution is 2.37. The fraction of sp³-hybridized carbons (Fsp3) is 0.231. The molecule has 0 aromatic heterocycles.